The number of methoxy groups -OCH3 is 1. The van der Waals surface area contributed by atoms with E-state index in [9.17, 15) is 23.7 Å². The SMILES string of the molecule is COC(=O)c1cc(Oc2ccc([N+](=O)[O-])c(OCC(C)C)c2)ccc1N(c1ccc(C)cc1)S(=O)O. The molecule has 3 rings (SSSR count). The van der Waals surface area contributed by atoms with Crippen LogP contribution in [-0.4, -0.2) is 33.4 Å². The van der Waals surface area contributed by atoms with Crippen LogP contribution in [0.4, 0.5) is 17.1 Å². The molecule has 0 saturated heterocycles. The van der Waals surface area contributed by atoms with E-state index in [0.29, 0.717) is 5.69 Å². The highest BCUT2D eigenvalue weighted by Crippen LogP contribution is 2.37. The number of benzene rings is 3. The van der Waals surface area contributed by atoms with Crippen molar-refractivity contribution in [2.75, 3.05) is 18.0 Å². The molecule has 3 aromatic carbocycles. The summed E-state index contributed by atoms with van der Waals surface area (Å²) < 4.78 is 39.7. The highest BCUT2D eigenvalue weighted by molar-refractivity contribution is 7.81. The molecule has 0 aliphatic carbocycles. The molecule has 0 saturated carbocycles. The van der Waals surface area contributed by atoms with E-state index in [0.717, 1.165) is 9.87 Å². The summed E-state index contributed by atoms with van der Waals surface area (Å²) in [4.78, 5) is 23.4. The summed E-state index contributed by atoms with van der Waals surface area (Å²) in [5.41, 5.74) is 1.26. The lowest BCUT2D eigenvalue weighted by atomic mass is 10.1. The molecule has 1 atom stereocenters. The number of anilines is 2. The predicted molar refractivity (Wildman–Crippen MR) is 135 cm³/mol. The summed E-state index contributed by atoms with van der Waals surface area (Å²) in [5.74, 6) is -0.0998. The first-order valence-electron chi connectivity index (χ1n) is 10.9. The van der Waals surface area contributed by atoms with Crippen LogP contribution in [0, 0.1) is 23.0 Å². The molecule has 0 radical (unpaired) electrons. The van der Waals surface area contributed by atoms with E-state index in [1.54, 1.807) is 24.3 Å². The van der Waals surface area contributed by atoms with E-state index in [4.69, 9.17) is 14.2 Å². The van der Waals surface area contributed by atoms with Crippen molar-refractivity contribution in [1.82, 2.24) is 0 Å². The van der Waals surface area contributed by atoms with Crippen LogP contribution in [0.3, 0.4) is 0 Å². The molecule has 10 nitrogen and oxygen atoms in total. The predicted octanol–water partition coefficient (Wildman–Crippen LogP) is 5.79. The third-order valence-electron chi connectivity index (χ3n) is 4.95. The van der Waals surface area contributed by atoms with Gasteiger partial charge in [0.2, 0.25) is 5.75 Å². The van der Waals surface area contributed by atoms with Gasteiger partial charge in [0.15, 0.2) is 0 Å². The van der Waals surface area contributed by atoms with E-state index < -0.39 is 22.2 Å². The van der Waals surface area contributed by atoms with Crippen molar-refractivity contribution in [3.8, 4) is 17.2 Å². The molecule has 1 N–H and O–H groups in total. The van der Waals surface area contributed by atoms with Crippen molar-refractivity contribution in [2.45, 2.75) is 20.8 Å². The second-order valence-electron chi connectivity index (χ2n) is 8.22. The maximum atomic E-state index is 12.6. The molecule has 190 valence electrons. The Kier molecular flexibility index (Phi) is 8.62. The van der Waals surface area contributed by atoms with Crippen LogP contribution in [0.15, 0.2) is 60.7 Å². The summed E-state index contributed by atoms with van der Waals surface area (Å²) in [7, 11) is 1.19. The van der Waals surface area contributed by atoms with Crippen molar-refractivity contribution in [1.29, 1.82) is 0 Å². The van der Waals surface area contributed by atoms with Gasteiger partial charge in [0.05, 0.1) is 35.6 Å². The molecule has 1 unspecified atom stereocenters. The highest BCUT2D eigenvalue weighted by Gasteiger charge is 2.24. The van der Waals surface area contributed by atoms with Crippen LogP contribution in [0.1, 0.15) is 29.8 Å². The Hall–Kier alpha value is -3.96. The lowest BCUT2D eigenvalue weighted by Crippen LogP contribution is -2.22. The maximum Gasteiger partial charge on any atom is 0.340 e. The number of nitro groups is 1. The number of esters is 1. The monoisotopic (exact) mass is 514 g/mol. The number of aryl methyl sites for hydroxylation is 1. The molecule has 0 aliphatic rings. The summed E-state index contributed by atoms with van der Waals surface area (Å²) >= 11 is -2.50. The molecule has 0 bridgehead atoms. The lowest BCUT2D eigenvalue weighted by Gasteiger charge is -2.23. The first-order valence-corrected chi connectivity index (χ1v) is 12.0. The molecule has 0 aliphatic heterocycles. The molecule has 0 heterocycles. The van der Waals surface area contributed by atoms with Crippen molar-refractivity contribution >= 4 is 34.3 Å². The van der Waals surface area contributed by atoms with Crippen LogP contribution in [-0.2, 0) is 16.0 Å². The Balaban J connectivity index is 2.00. The van der Waals surface area contributed by atoms with Gasteiger partial charge in [0, 0.05) is 12.1 Å². The quantitative estimate of drug-likeness (QED) is 0.156. The number of carbonyl (C=O) groups is 1. The maximum absolute atomic E-state index is 12.6. The molecule has 0 amide bonds. The second-order valence-corrected chi connectivity index (χ2v) is 9.05. The molecule has 36 heavy (non-hydrogen) atoms. The minimum absolute atomic E-state index is 0.0174. The summed E-state index contributed by atoms with van der Waals surface area (Å²) in [5, 5.41) is 11.4. The van der Waals surface area contributed by atoms with E-state index >= 15 is 0 Å². The van der Waals surface area contributed by atoms with Crippen LogP contribution in [0.2, 0.25) is 0 Å². The molecule has 11 heteroatoms. The first-order chi connectivity index (χ1) is 17.1. The fourth-order valence-electron chi connectivity index (χ4n) is 3.24. The van der Waals surface area contributed by atoms with E-state index in [1.807, 2.05) is 20.8 Å². The number of carbonyl (C=O) groups excluding carboxylic acids is 1. The van der Waals surface area contributed by atoms with Gasteiger partial charge in [-0.2, -0.15) is 0 Å². The number of nitrogens with zero attached hydrogens (tertiary/aromatic N) is 2. The van der Waals surface area contributed by atoms with Gasteiger partial charge < -0.3 is 14.2 Å². The van der Waals surface area contributed by atoms with Gasteiger partial charge in [-0.25, -0.2) is 13.3 Å². The average Bonchev–Trinajstić information content (AvgIpc) is 2.84. The Morgan fingerprint density at radius 3 is 2.31 bits per heavy atom. The van der Waals surface area contributed by atoms with Gasteiger partial charge in [0.25, 0.3) is 11.3 Å². The van der Waals surface area contributed by atoms with Gasteiger partial charge in [-0.3, -0.25) is 14.7 Å². The minimum atomic E-state index is -2.50. The van der Waals surface area contributed by atoms with E-state index in [1.165, 1.54) is 43.5 Å². The number of nitro benzene ring substituents is 1. The fourth-order valence-corrected chi connectivity index (χ4v) is 3.87. The van der Waals surface area contributed by atoms with Gasteiger partial charge in [-0.15, -0.1) is 0 Å². The number of rotatable bonds is 10. The Bertz CT molecular complexity index is 1280. The third kappa shape index (κ3) is 6.37. The molecule has 0 aromatic heterocycles. The average molecular weight is 515 g/mol. The van der Waals surface area contributed by atoms with E-state index in [2.05, 4.69) is 0 Å². The van der Waals surface area contributed by atoms with Crippen molar-refractivity contribution < 1.29 is 32.7 Å². The molecular formula is C25H26N2O8S. The summed E-state index contributed by atoms with van der Waals surface area (Å²) in [6, 6.07) is 15.3. The first kappa shape index (κ1) is 26.6. The number of hydrogen-bond donors (Lipinski definition) is 1. The smallest absolute Gasteiger partial charge is 0.340 e. The van der Waals surface area contributed by atoms with Crippen molar-refractivity contribution in [3.63, 3.8) is 0 Å². The summed E-state index contributed by atoms with van der Waals surface area (Å²) in [6.45, 7) is 5.99. The number of ether oxygens (including phenoxy) is 3. The fraction of sp³-hybridized carbons (Fsp3) is 0.240. The van der Waals surface area contributed by atoms with Crippen LogP contribution >= 0.6 is 0 Å². The Labute approximate surface area is 211 Å². The van der Waals surface area contributed by atoms with Gasteiger partial charge in [0.1, 0.15) is 11.5 Å². The van der Waals surface area contributed by atoms with Gasteiger partial charge in [-0.05, 0) is 49.2 Å². The molecular weight excluding hydrogens is 488 g/mol. The van der Waals surface area contributed by atoms with E-state index in [-0.39, 0.29) is 46.7 Å². The Morgan fingerprint density at radius 1 is 1.08 bits per heavy atom. The van der Waals surface area contributed by atoms with Crippen LogP contribution in [0.25, 0.3) is 0 Å². The standard InChI is InChI=1S/C25H26N2O8S/c1-16(2)15-34-24-14-20(10-12-23(24)27(29)30)35-19-9-11-22(21(13-19)25(28)33-4)26(36(31)32)18-7-5-17(3)6-8-18/h5-14,16H,15H2,1-4H3,(H,31,32). The zero-order valence-electron chi connectivity index (χ0n) is 20.2. The van der Waals surface area contributed by atoms with Crippen molar-refractivity contribution in [2.24, 2.45) is 5.92 Å². The minimum Gasteiger partial charge on any atom is -0.486 e. The van der Waals surface area contributed by atoms with Crippen LogP contribution in [0.5, 0.6) is 17.2 Å². The van der Waals surface area contributed by atoms with Gasteiger partial charge >= 0.3 is 11.7 Å². The largest absolute Gasteiger partial charge is 0.486 e. The van der Waals surface area contributed by atoms with Gasteiger partial charge in [-0.1, -0.05) is 31.5 Å². The lowest BCUT2D eigenvalue weighted by molar-refractivity contribution is -0.385. The zero-order valence-corrected chi connectivity index (χ0v) is 21.0. The normalized spacial score (nSPS) is 11.6. The third-order valence-corrected chi connectivity index (χ3v) is 5.67. The Morgan fingerprint density at radius 2 is 1.72 bits per heavy atom. The number of hydrogen-bond acceptors (Lipinski definition) is 7. The zero-order chi connectivity index (χ0) is 26.4. The molecule has 3 aromatic rings. The van der Waals surface area contributed by atoms with Crippen molar-refractivity contribution in [3.05, 3.63) is 81.9 Å². The second kappa shape index (κ2) is 11.6. The molecule has 0 spiro atoms. The highest BCUT2D eigenvalue weighted by atomic mass is 32.2. The topological polar surface area (TPSA) is 128 Å². The molecule has 0 fully saturated rings. The summed E-state index contributed by atoms with van der Waals surface area (Å²) in [6.07, 6.45) is 0. The van der Waals surface area contributed by atoms with Crippen LogP contribution < -0.4 is 13.8 Å².